The van der Waals surface area contributed by atoms with E-state index in [1.54, 1.807) is 4.90 Å². The van der Waals surface area contributed by atoms with Crippen LogP contribution in [0.25, 0.3) is 0 Å². The van der Waals surface area contributed by atoms with Gasteiger partial charge in [-0.25, -0.2) is 0 Å². The van der Waals surface area contributed by atoms with Crippen molar-refractivity contribution in [2.24, 2.45) is 11.8 Å². The van der Waals surface area contributed by atoms with Crippen LogP contribution in [0.15, 0.2) is 12.1 Å². The van der Waals surface area contributed by atoms with Crippen LogP contribution in [0, 0.1) is 11.8 Å². The molecule has 1 aromatic rings. The van der Waals surface area contributed by atoms with Crippen molar-refractivity contribution in [3.05, 3.63) is 21.9 Å². The van der Waals surface area contributed by atoms with Gasteiger partial charge < -0.3 is 9.64 Å². The molecular weight excluding hydrogens is 262 g/mol. The lowest BCUT2D eigenvalue weighted by Gasteiger charge is -2.14. The molecule has 2 unspecified atom stereocenters. The van der Waals surface area contributed by atoms with E-state index in [1.807, 2.05) is 19.1 Å². The Morgan fingerprint density at radius 3 is 2.74 bits per heavy atom. The lowest BCUT2D eigenvalue weighted by Crippen LogP contribution is -2.29. The summed E-state index contributed by atoms with van der Waals surface area (Å²) in [4.78, 5) is 27.7. The molecule has 5 heteroatoms. The van der Waals surface area contributed by atoms with Gasteiger partial charge in [0.1, 0.15) is 0 Å². The normalized spacial score (nSPS) is 22.6. The lowest BCUT2D eigenvalue weighted by molar-refractivity contribution is -0.145. The SMILES string of the molecule is CCc1ccc(C(=O)N2CC(C)C(C(=O)OC)C2)s1. The topological polar surface area (TPSA) is 46.6 Å². The fraction of sp³-hybridized carbons (Fsp3) is 0.571. The van der Waals surface area contributed by atoms with E-state index in [1.165, 1.54) is 23.3 Å². The van der Waals surface area contributed by atoms with Crippen molar-refractivity contribution in [2.75, 3.05) is 20.2 Å². The molecule has 1 amide bonds. The zero-order valence-electron chi connectivity index (χ0n) is 11.5. The molecule has 0 aliphatic carbocycles. The summed E-state index contributed by atoms with van der Waals surface area (Å²) in [5, 5.41) is 0. The van der Waals surface area contributed by atoms with Gasteiger partial charge in [-0.2, -0.15) is 0 Å². The Hall–Kier alpha value is -1.36. The first kappa shape index (κ1) is 14.1. The van der Waals surface area contributed by atoms with Crippen molar-refractivity contribution in [2.45, 2.75) is 20.3 Å². The second-order valence-electron chi connectivity index (χ2n) is 4.94. The molecule has 1 aliphatic rings. The maximum absolute atomic E-state index is 12.4. The summed E-state index contributed by atoms with van der Waals surface area (Å²) in [6, 6.07) is 3.87. The van der Waals surface area contributed by atoms with Crippen molar-refractivity contribution in [1.82, 2.24) is 4.90 Å². The molecule has 0 bridgehead atoms. The molecule has 1 aromatic heterocycles. The molecule has 0 spiro atoms. The predicted octanol–water partition coefficient (Wildman–Crippen LogP) is 2.19. The van der Waals surface area contributed by atoms with Gasteiger partial charge in [-0.3, -0.25) is 9.59 Å². The van der Waals surface area contributed by atoms with E-state index in [4.69, 9.17) is 4.74 Å². The van der Waals surface area contributed by atoms with Crippen LogP contribution in [-0.2, 0) is 16.0 Å². The van der Waals surface area contributed by atoms with Gasteiger partial charge in [0.25, 0.3) is 5.91 Å². The number of amides is 1. The highest BCUT2D eigenvalue weighted by Crippen LogP contribution is 2.27. The van der Waals surface area contributed by atoms with Crippen LogP contribution in [0.3, 0.4) is 0 Å². The maximum Gasteiger partial charge on any atom is 0.310 e. The molecule has 104 valence electrons. The highest BCUT2D eigenvalue weighted by molar-refractivity contribution is 7.14. The molecule has 2 atom stereocenters. The number of ether oxygens (including phenoxy) is 1. The van der Waals surface area contributed by atoms with Crippen molar-refractivity contribution in [1.29, 1.82) is 0 Å². The Balaban J connectivity index is 2.07. The number of likely N-dealkylation sites (tertiary alicyclic amines) is 1. The number of hydrogen-bond donors (Lipinski definition) is 0. The van der Waals surface area contributed by atoms with Crippen molar-refractivity contribution < 1.29 is 14.3 Å². The van der Waals surface area contributed by atoms with E-state index in [0.717, 1.165) is 11.3 Å². The number of thiophene rings is 1. The summed E-state index contributed by atoms with van der Waals surface area (Å²) in [6.45, 7) is 5.15. The van der Waals surface area contributed by atoms with Crippen molar-refractivity contribution >= 4 is 23.2 Å². The third kappa shape index (κ3) is 2.81. The third-order valence-corrected chi connectivity index (χ3v) is 4.84. The minimum Gasteiger partial charge on any atom is -0.469 e. The Morgan fingerprint density at radius 2 is 2.16 bits per heavy atom. The molecule has 0 N–H and O–H groups in total. The van der Waals surface area contributed by atoms with Crippen LogP contribution in [0.1, 0.15) is 28.4 Å². The van der Waals surface area contributed by atoms with Gasteiger partial charge in [0, 0.05) is 18.0 Å². The van der Waals surface area contributed by atoms with E-state index >= 15 is 0 Å². The van der Waals surface area contributed by atoms with E-state index in [9.17, 15) is 9.59 Å². The van der Waals surface area contributed by atoms with Gasteiger partial charge in [-0.05, 0) is 24.5 Å². The summed E-state index contributed by atoms with van der Waals surface area (Å²) in [7, 11) is 1.40. The minimum atomic E-state index is -0.219. The summed E-state index contributed by atoms with van der Waals surface area (Å²) >= 11 is 1.54. The number of nitrogens with zero attached hydrogens (tertiary/aromatic N) is 1. The molecule has 19 heavy (non-hydrogen) atoms. The molecule has 1 saturated heterocycles. The molecule has 0 aromatic carbocycles. The van der Waals surface area contributed by atoms with E-state index < -0.39 is 0 Å². The summed E-state index contributed by atoms with van der Waals surface area (Å²) in [6.07, 6.45) is 0.944. The van der Waals surface area contributed by atoms with Gasteiger partial charge in [-0.1, -0.05) is 13.8 Å². The highest BCUT2D eigenvalue weighted by atomic mass is 32.1. The first-order valence-corrected chi connectivity index (χ1v) is 7.34. The van der Waals surface area contributed by atoms with Crippen LogP contribution in [0.5, 0.6) is 0 Å². The van der Waals surface area contributed by atoms with E-state index in [0.29, 0.717) is 13.1 Å². The van der Waals surface area contributed by atoms with Crippen molar-refractivity contribution in [3.8, 4) is 0 Å². The molecule has 0 radical (unpaired) electrons. The molecular formula is C14H19NO3S. The number of methoxy groups -OCH3 is 1. The zero-order valence-corrected chi connectivity index (χ0v) is 12.3. The standard InChI is InChI=1S/C14H19NO3S/c1-4-10-5-6-12(19-10)13(16)15-7-9(2)11(8-15)14(17)18-3/h5-6,9,11H,4,7-8H2,1-3H3. The first-order valence-electron chi connectivity index (χ1n) is 6.52. The molecule has 2 rings (SSSR count). The Kier molecular flexibility index (Phi) is 4.24. The van der Waals surface area contributed by atoms with Crippen molar-refractivity contribution in [3.63, 3.8) is 0 Å². The molecule has 1 aliphatic heterocycles. The number of carbonyl (C=O) groups excluding carboxylic acids is 2. The van der Waals surface area contributed by atoms with Gasteiger partial charge in [0.2, 0.25) is 0 Å². The lowest BCUT2D eigenvalue weighted by atomic mass is 9.99. The van der Waals surface area contributed by atoms with Gasteiger partial charge in [0.05, 0.1) is 17.9 Å². The van der Waals surface area contributed by atoms with E-state index in [-0.39, 0.29) is 23.7 Å². The summed E-state index contributed by atoms with van der Waals surface area (Å²) in [5.41, 5.74) is 0. The van der Waals surface area contributed by atoms with Gasteiger partial charge in [-0.15, -0.1) is 11.3 Å². The smallest absolute Gasteiger partial charge is 0.310 e. The van der Waals surface area contributed by atoms with Crippen LogP contribution >= 0.6 is 11.3 Å². The molecule has 4 nitrogen and oxygen atoms in total. The highest BCUT2D eigenvalue weighted by Gasteiger charge is 2.38. The summed E-state index contributed by atoms with van der Waals surface area (Å²) in [5.74, 6) is -0.229. The zero-order chi connectivity index (χ0) is 14.0. The molecule has 1 fully saturated rings. The molecule has 0 saturated carbocycles. The number of carbonyl (C=O) groups is 2. The van der Waals surface area contributed by atoms with Gasteiger partial charge in [0.15, 0.2) is 0 Å². The number of hydrogen-bond acceptors (Lipinski definition) is 4. The third-order valence-electron chi connectivity index (χ3n) is 3.62. The number of rotatable bonds is 3. The monoisotopic (exact) mass is 281 g/mol. The van der Waals surface area contributed by atoms with E-state index in [2.05, 4.69) is 6.92 Å². The minimum absolute atomic E-state index is 0.0305. The summed E-state index contributed by atoms with van der Waals surface area (Å²) < 4.78 is 4.79. The first-order chi connectivity index (χ1) is 9.06. The Bertz CT molecular complexity index is 483. The number of aryl methyl sites for hydroxylation is 1. The average Bonchev–Trinajstić information content (AvgIpc) is 3.03. The van der Waals surface area contributed by atoms with Crippen LogP contribution in [-0.4, -0.2) is 37.0 Å². The van der Waals surface area contributed by atoms with Crippen LogP contribution in [0.4, 0.5) is 0 Å². The molecule has 2 heterocycles. The average molecular weight is 281 g/mol. The second kappa shape index (κ2) is 5.74. The largest absolute Gasteiger partial charge is 0.469 e. The fourth-order valence-electron chi connectivity index (χ4n) is 2.43. The van der Waals surface area contributed by atoms with Crippen LogP contribution < -0.4 is 0 Å². The fourth-order valence-corrected chi connectivity index (χ4v) is 3.34. The predicted molar refractivity (Wildman–Crippen MR) is 74.3 cm³/mol. The Labute approximate surface area is 117 Å². The Morgan fingerprint density at radius 1 is 1.42 bits per heavy atom. The number of esters is 1. The van der Waals surface area contributed by atoms with Gasteiger partial charge >= 0.3 is 5.97 Å². The van der Waals surface area contributed by atoms with Crippen LogP contribution in [0.2, 0.25) is 0 Å². The maximum atomic E-state index is 12.4. The second-order valence-corrected chi connectivity index (χ2v) is 6.10. The quantitative estimate of drug-likeness (QED) is 0.798.